The Bertz CT molecular complexity index is 1370. The lowest BCUT2D eigenvalue weighted by Gasteiger charge is -2.19. The van der Waals surface area contributed by atoms with Crippen molar-refractivity contribution in [1.82, 2.24) is 4.98 Å². The van der Waals surface area contributed by atoms with E-state index >= 15 is 0 Å². The number of hydrogen-bond acceptors (Lipinski definition) is 4. The predicted octanol–water partition coefficient (Wildman–Crippen LogP) is 7.41. The third-order valence-electron chi connectivity index (χ3n) is 6.12. The molecule has 0 bridgehead atoms. The van der Waals surface area contributed by atoms with Gasteiger partial charge in [0.1, 0.15) is 0 Å². The van der Waals surface area contributed by atoms with Crippen LogP contribution >= 0.6 is 0 Å². The van der Waals surface area contributed by atoms with E-state index in [1.165, 1.54) is 5.56 Å². The zero-order chi connectivity index (χ0) is 25.7. The minimum atomic E-state index is -0.358. The molecule has 0 saturated heterocycles. The first kappa shape index (κ1) is 25.1. The largest absolute Gasteiger partial charge is 0.462 e. The van der Waals surface area contributed by atoms with Crippen LogP contribution in [0.1, 0.15) is 66.8 Å². The number of benzene rings is 3. The van der Waals surface area contributed by atoms with Crippen LogP contribution in [0, 0.1) is 0 Å². The Hall–Kier alpha value is -3.99. The van der Waals surface area contributed by atoms with Crippen LogP contribution < -0.4 is 5.32 Å². The molecule has 36 heavy (non-hydrogen) atoms. The van der Waals surface area contributed by atoms with Crippen molar-refractivity contribution < 1.29 is 14.3 Å². The van der Waals surface area contributed by atoms with Gasteiger partial charge in [0, 0.05) is 16.6 Å². The van der Waals surface area contributed by atoms with E-state index in [-0.39, 0.29) is 17.3 Å². The minimum Gasteiger partial charge on any atom is -0.462 e. The normalized spacial score (nSPS) is 11.3. The summed E-state index contributed by atoms with van der Waals surface area (Å²) in [6.45, 7) is 9.00. The molecule has 0 aliphatic heterocycles. The Kier molecular flexibility index (Phi) is 7.49. The zero-order valence-electron chi connectivity index (χ0n) is 21.3. The highest BCUT2D eigenvalue weighted by molar-refractivity contribution is 6.13. The molecule has 0 aliphatic rings. The SMILES string of the molecule is CCCCOC(=O)c1ccc(NC(=O)c2cc(-c3ccc(C(C)(C)C)cc3)nc3ccccc23)cc1. The molecule has 0 saturated carbocycles. The van der Waals surface area contributed by atoms with E-state index < -0.39 is 0 Å². The van der Waals surface area contributed by atoms with Gasteiger partial charge in [0.25, 0.3) is 5.91 Å². The van der Waals surface area contributed by atoms with Gasteiger partial charge in [-0.15, -0.1) is 0 Å². The molecule has 4 aromatic rings. The molecule has 0 atom stereocenters. The summed E-state index contributed by atoms with van der Waals surface area (Å²) in [4.78, 5) is 30.3. The Morgan fingerprint density at radius 1 is 0.917 bits per heavy atom. The molecule has 184 valence electrons. The van der Waals surface area contributed by atoms with Gasteiger partial charge in [-0.2, -0.15) is 0 Å². The average molecular weight is 481 g/mol. The summed E-state index contributed by atoms with van der Waals surface area (Å²) < 4.78 is 5.25. The van der Waals surface area contributed by atoms with Crippen LogP contribution in [0.2, 0.25) is 0 Å². The van der Waals surface area contributed by atoms with Crippen LogP contribution in [0.15, 0.2) is 78.9 Å². The number of esters is 1. The van der Waals surface area contributed by atoms with Crippen molar-refractivity contribution in [3.63, 3.8) is 0 Å². The van der Waals surface area contributed by atoms with Crippen LogP contribution in [0.4, 0.5) is 5.69 Å². The Labute approximate surface area is 212 Å². The molecule has 0 spiro atoms. The van der Waals surface area contributed by atoms with Crippen molar-refractivity contribution in [2.75, 3.05) is 11.9 Å². The Morgan fingerprint density at radius 2 is 1.61 bits per heavy atom. The van der Waals surface area contributed by atoms with Crippen LogP contribution in [-0.4, -0.2) is 23.5 Å². The van der Waals surface area contributed by atoms with Gasteiger partial charge in [0.05, 0.1) is 28.9 Å². The van der Waals surface area contributed by atoms with Crippen molar-refractivity contribution in [1.29, 1.82) is 0 Å². The number of pyridine rings is 1. The molecule has 3 aromatic carbocycles. The number of anilines is 1. The van der Waals surface area contributed by atoms with Crippen LogP contribution in [-0.2, 0) is 10.2 Å². The van der Waals surface area contributed by atoms with Gasteiger partial charge >= 0.3 is 5.97 Å². The first-order valence-corrected chi connectivity index (χ1v) is 12.4. The second-order valence-electron chi connectivity index (χ2n) is 9.92. The standard InChI is InChI=1S/C31H32N2O3/c1-5-6-19-36-30(35)22-13-17-24(18-14-22)32-29(34)26-20-28(33-27-10-8-7-9-25(26)27)21-11-15-23(16-12-21)31(2,3)4/h7-18,20H,5-6,19H2,1-4H3,(H,32,34). The lowest BCUT2D eigenvalue weighted by atomic mass is 9.86. The number of nitrogens with one attached hydrogen (secondary N) is 1. The molecule has 1 aromatic heterocycles. The Morgan fingerprint density at radius 3 is 2.28 bits per heavy atom. The maximum Gasteiger partial charge on any atom is 0.338 e. The van der Waals surface area contributed by atoms with Gasteiger partial charge in [-0.25, -0.2) is 9.78 Å². The number of carbonyl (C=O) groups is 2. The summed E-state index contributed by atoms with van der Waals surface area (Å²) in [7, 11) is 0. The lowest BCUT2D eigenvalue weighted by molar-refractivity contribution is 0.0499. The third kappa shape index (κ3) is 5.80. The number of ether oxygens (including phenoxy) is 1. The topological polar surface area (TPSA) is 68.3 Å². The summed E-state index contributed by atoms with van der Waals surface area (Å²) in [5.41, 5.74) is 5.34. The fourth-order valence-electron chi connectivity index (χ4n) is 3.93. The quantitative estimate of drug-likeness (QED) is 0.221. The predicted molar refractivity (Wildman–Crippen MR) is 145 cm³/mol. The molecule has 0 aliphatic carbocycles. The van der Waals surface area contributed by atoms with E-state index in [9.17, 15) is 9.59 Å². The molecule has 1 N–H and O–H groups in total. The highest BCUT2D eigenvalue weighted by Gasteiger charge is 2.17. The van der Waals surface area contributed by atoms with Gasteiger partial charge in [0.15, 0.2) is 0 Å². The van der Waals surface area contributed by atoms with Crippen molar-refractivity contribution >= 4 is 28.5 Å². The first-order chi connectivity index (χ1) is 17.3. The fraction of sp³-hybridized carbons (Fsp3) is 0.258. The van der Waals surface area contributed by atoms with E-state index in [2.05, 4.69) is 50.4 Å². The van der Waals surface area contributed by atoms with Crippen molar-refractivity contribution in [3.05, 3.63) is 95.6 Å². The molecular weight excluding hydrogens is 448 g/mol. The maximum absolute atomic E-state index is 13.4. The number of fused-ring (bicyclic) bond motifs is 1. The summed E-state index contributed by atoms with van der Waals surface area (Å²) >= 11 is 0. The molecule has 1 heterocycles. The molecule has 0 unspecified atom stereocenters. The van der Waals surface area contributed by atoms with Gasteiger partial charge in [0.2, 0.25) is 0 Å². The Balaban J connectivity index is 1.60. The molecule has 0 fully saturated rings. The average Bonchev–Trinajstić information content (AvgIpc) is 2.88. The van der Waals surface area contributed by atoms with Gasteiger partial charge in [-0.3, -0.25) is 4.79 Å². The van der Waals surface area contributed by atoms with Crippen molar-refractivity contribution in [2.24, 2.45) is 0 Å². The molecule has 5 heteroatoms. The number of carbonyl (C=O) groups excluding carboxylic acids is 2. The number of nitrogens with zero attached hydrogens (tertiary/aromatic N) is 1. The zero-order valence-corrected chi connectivity index (χ0v) is 21.3. The molecule has 4 rings (SSSR count). The minimum absolute atomic E-state index is 0.0577. The van der Waals surface area contributed by atoms with Crippen molar-refractivity contribution in [2.45, 2.75) is 46.0 Å². The summed E-state index contributed by atoms with van der Waals surface area (Å²) in [5.74, 6) is -0.594. The molecular formula is C31H32N2O3. The van der Waals surface area contributed by atoms with Gasteiger partial charge < -0.3 is 10.1 Å². The lowest BCUT2D eigenvalue weighted by Crippen LogP contribution is -2.13. The van der Waals surface area contributed by atoms with Crippen LogP contribution in [0.5, 0.6) is 0 Å². The van der Waals surface area contributed by atoms with E-state index in [4.69, 9.17) is 9.72 Å². The number of rotatable bonds is 7. The van der Waals surface area contributed by atoms with Crippen molar-refractivity contribution in [3.8, 4) is 11.3 Å². The highest BCUT2D eigenvalue weighted by atomic mass is 16.5. The highest BCUT2D eigenvalue weighted by Crippen LogP contribution is 2.28. The first-order valence-electron chi connectivity index (χ1n) is 12.4. The number of unbranched alkanes of at least 4 members (excludes halogenated alkanes) is 1. The van der Waals surface area contributed by atoms with Crippen LogP contribution in [0.3, 0.4) is 0 Å². The fourth-order valence-corrected chi connectivity index (χ4v) is 3.93. The van der Waals surface area contributed by atoms with Gasteiger partial charge in [-0.05, 0) is 53.8 Å². The van der Waals surface area contributed by atoms with E-state index in [0.29, 0.717) is 23.4 Å². The third-order valence-corrected chi connectivity index (χ3v) is 6.12. The van der Waals surface area contributed by atoms with E-state index in [0.717, 1.165) is 35.0 Å². The second-order valence-corrected chi connectivity index (χ2v) is 9.92. The van der Waals surface area contributed by atoms with Crippen LogP contribution in [0.25, 0.3) is 22.2 Å². The number of para-hydroxylation sites is 1. The number of aromatic nitrogens is 1. The molecule has 1 amide bonds. The summed E-state index contributed by atoms with van der Waals surface area (Å²) in [6.07, 6.45) is 1.80. The molecule has 0 radical (unpaired) electrons. The smallest absolute Gasteiger partial charge is 0.338 e. The van der Waals surface area contributed by atoms with E-state index in [1.54, 1.807) is 24.3 Å². The maximum atomic E-state index is 13.4. The number of amides is 1. The molecule has 5 nitrogen and oxygen atoms in total. The summed E-state index contributed by atoms with van der Waals surface area (Å²) in [5, 5.41) is 3.74. The number of hydrogen-bond donors (Lipinski definition) is 1. The second kappa shape index (κ2) is 10.7. The van der Waals surface area contributed by atoms with E-state index in [1.807, 2.05) is 37.3 Å². The monoisotopic (exact) mass is 480 g/mol. The van der Waals surface area contributed by atoms with Gasteiger partial charge in [-0.1, -0.05) is 76.6 Å². The summed E-state index contributed by atoms with van der Waals surface area (Å²) in [6, 6.07) is 24.6.